The Kier molecular flexibility index (Phi) is 6.09. The van der Waals surface area contributed by atoms with Gasteiger partial charge in [-0.3, -0.25) is 4.39 Å². The van der Waals surface area contributed by atoms with E-state index in [9.17, 15) is 4.39 Å². The van der Waals surface area contributed by atoms with Crippen LogP contribution in [0.1, 0.15) is 32.8 Å². The molecular formula is C14H21BrFNO. The summed E-state index contributed by atoms with van der Waals surface area (Å²) in [6.07, 6.45) is 0.424. The summed E-state index contributed by atoms with van der Waals surface area (Å²) in [4.78, 5) is 0. The lowest BCUT2D eigenvalue weighted by Crippen LogP contribution is -2.35. The van der Waals surface area contributed by atoms with E-state index in [-0.39, 0.29) is 12.2 Å². The van der Waals surface area contributed by atoms with Crippen LogP contribution in [0.3, 0.4) is 0 Å². The zero-order valence-electron chi connectivity index (χ0n) is 11.2. The highest BCUT2D eigenvalue weighted by Gasteiger charge is 2.12. The zero-order valence-corrected chi connectivity index (χ0v) is 12.8. The molecule has 0 aromatic heterocycles. The monoisotopic (exact) mass is 317 g/mol. The summed E-state index contributed by atoms with van der Waals surface area (Å²) in [6, 6.07) is 5.94. The fraction of sp³-hybridized carbons (Fsp3) is 0.571. The van der Waals surface area contributed by atoms with Gasteiger partial charge in [-0.15, -0.1) is 0 Å². The van der Waals surface area contributed by atoms with E-state index in [1.165, 1.54) is 0 Å². The first-order valence-corrected chi connectivity index (χ1v) is 6.94. The minimum Gasteiger partial charge on any atom is -0.492 e. The van der Waals surface area contributed by atoms with Gasteiger partial charge in [0.25, 0.3) is 0 Å². The van der Waals surface area contributed by atoms with Gasteiger partial charge < -0.3 is 10.1 Å². The first-order chi connectivity index (χ1) is 8.44. The van der Waals surface area contributed by atoms with E-state index < -0.39 is 0 Å². The smallest absolute Gasteiger partial charge is 0.137 e. The van der Waals surface area contributed by atoms with Gasteiger partial charge in [-0.2, -0.15) is 0 Å². The molecule has 0 fully saturated rings. The van der Waals surface area contributed by atoms with Gasteiger partial charge in [0.05, 0.1) is 17.8 Å². The van der Waals surface area contributed by atoms with Crippen LogP contribution in [0.15, 0.2) is 22.7 Å². The number of benzene rings is 1. The SMILES string of the molecule is CC(C)(C)NCc1cccc(Br)c1OCCCF. The predicted molar refractivity (Wildman–Crippen MR) is 76.8 cm³/mol. The Bertz CT molecular complexity index is 377. The molecule has 0 bridgehead atoms. The highest BCUT2D eigenvalue weighted by Crippen LogP contribution is 2.29. The van der Waals surface area contributed by atoms with Crippen LogP contribution in [0.5, 0.6) is 5.75 Å². The molecule has 0 atom stereocenters. The van der Waals surface area contributed by atoms with Gasteiger partial charge in [0.2, 0.25) is 0 Å². The molecule has 1 aromatic rings. The number of nitrogens with one attached hydrogen (secondary N) is 1. The maximum absolute atomic E-state index is 12.1. The molecule has 102 valence electrons. The largest absolute Gasteiger partial charge is 0.492 e. The molecule has 0 heterocycles. The van der Waals surface area contributed by atoms with Crippen molar-refractivity contribution in [3.05, 3.63) is 28.2 Å². The molecule has 0 aliphatic heterocycles. The number of alkyl halides is 1. The minimum atomic E-state index is -0.347. The van der Waals surface area contributed by atoms with Crippen molar-refractivity contribution in [2.45, 2.75) is 39.3 Å². The predicted octanol–water partition coefficient (Wildman–Crippen LogP) is 4.08. The Morgan fingerprint density at radius 2 is 2.06 bits per heavy atom. The van der Waals surface area contributed by atoms with Crippen molar-refractivity contribution >= 4 is 15.9 Å². The number of ether oxygens (including phenoxy) is 1. The van der Waals surface area contributed by atoms with Crippen molar-refractivity contribution in [3.8, 4) is 5.75 Å². The van der Waals surface area contributed by atoms with Gasteiger partial charge in [-0.1, -0.05) is 12.1 Å². The van der Waals surface area contributed by atoms with Crippen molar-refractivity contribution in [1.82, 2.24) is 5.32 Å². The van der Waals surface area contributed by atoms with Gasteiger partial charge >= 0.3 is 0 Å². The molecule has 0 saturated carbocycles. The van der Waals surface area contributed by atoms with E-state index in [4.69, 9.17) is 4.74 Å². The van der Waals surface area contributed by atoms with E-state index in [1.54, 1.807) is 0 Å². The molecule has 0 aliphatic rings. The fourth-order valence-electron chi connectivity index (χ4n) is 1.44. The van der Waals surface area contributed by atoms with Crippen LogP contribution in [0, 0.1) is 0 Å². The van der Waals surface area contributed by atoms with Crippen LogP contribution in [-0.2, 0) is 6.54 Å². The van der Waals surface area contributed by atoms with Crippen LogP contribution >= 0.6 is 15.9 Å². The first kappa shape index (κ1) is 15.4. The molecule has 0 saturated heterocycles. The van der Waals surface area contributed by atoms with Crippen molar-refractivity contribution < 1.29 is 9.13 Å². The maximum atomic E-state index is 12.1. The Morgan fingerprint density at radius 3 is 2.67 bits per heavy atom. The van der Waals surface area contributed by atoms with E-state index in [1.807, 2.05) is 18.2 Å². The van der Waals surface area contributed by atoms with E-state index >= 15 is 0 Å². The van der Waals surface area contributed by atoms with Gasteiger partial charge in [0.15, 0.2) is 0 Å². The molecule has 0 amide bonds. The Hall–Kier alpha value is -0.610. The topological polar surface area (TPSA) is 21.3 Å². The lowest BCUT2D eigenvalue weighted by atomic mass is 10.1. The summed E-state index contributed by atoms with van der Waals surface area (Å²) in [6.45, 7) is 7.15. The lowest BCUT2D eigenvalue weighted by molar-refractivity contribution is 0.284. The van der Waals surface area contributed by atoms with E-state index in [2.05, 4.69) is 42.0 Å². The van der Waals surface area contributed by atoms with E-state index in [0.29, 0.717) is 13.0 Å². The number of para-hydroxylation sites is 1. The second kappa shape index (κ2) is 7.10. The third-order valence-electron chi connectivity index (χ3n) is 2.38. The Labute approximate surface area is 117 Å². The second-order valence-corrected chi connectivity index (χ2v) is 6.08. The molecule has 1 rings (SSSR count). The summed E-state index contributed by atoms with van der Waals surface area (Å²) in [5.74, 6) is 0.808. The van der Waals surface area contributed by atoms with Gasteiger partial charge in [0, 0.05) is 24.1 Å². The van der Waals surface area contributed by atoms with Crippen molar-refractivity contribution in [3.63, 3.8) is 0 Å². The Morgan fingerprint density at radius 1 is 1.33 bits per heavy atom. The van der Waals surface area contributed by atoms with Crippen molar-refractivity contribution in [1.29, 1.82) is 0 Å². The van der Waals surface area contributed by atoms with Crippen LogP contribution < -0.4 is 10.1 Å². The molecule has 0 radical (unpaired) electrons. The third kappa shape index (κ3) is 5.36. The normalized spacial score (nSPS) is 11.6. The number of halogens is 2. The van der Waals surface area contributed by atoms with Crippen LogP contribution in [-0.4, -0.2) is 18.8 Å². The third-order valence-corrected chi connectivity index (χ3v) is 3.01. The number of hydrogen-bond donors (Lipinski definition) is 1. The average molecular weight is 318 g/mol. The maximum Gasteiger partial charge on any atom is 0.137 e. The van der Waals surface area contributed by atoms with Crippen LogP contribution in [0.25, 0.3) is 0 Å². The summed E-state index contributed by atoms with van der Waals surface area (Å²) >= 11 is 3.47. The zero-order chi connectivity index (χ0) is 13.6. The summed E-state index contributed by atoms with van der Waals surface area (Å²) in [7, 11) is 0. The summed E-state index contributed by atoms with van der Waals surface area (Å²) in [5, 5.41) is 3.42. The highest BCUT2D eigenvalue weighted by atomic mass is 79.9. The van der Waals surface area contributed by atoms with Gasteiger partial charge in [0.1, 0.15) is 5.75 Å². The standard InChI is InChI=1S/C14H21BrFNO/c1-14(2,3)17-10-11-6-4-7-12(15)13(11)18-9-5-8-16/h4,6-7,17H,5,8-10H2,1-3H3. The number of hydrogen-bond acceptors (Lipinski definition) is 2. The van der Waals surface area contributed by atoms with Crippen molar-refractivity contribution in [2.24, 2.45) is 0 Å². The number of rotatable bonds is 6. The van der Waals surface area contributed by atoms with E-state index in [0.717, 1.165) is 22.3 Å². The summed E-state index contributed by atoms with van der Waals surface area (Å²) in [5.41, 5.74) is 1.14. The minimum absolute atomic E-state index is 0.0541. The van der Waals surface area contributed by atoms with Crippen LogP contribution in [0.4, 0.5) is 4.39 Å². The molecule has 0 spiro atoms. The molecular weight excluding hydrogens is 297 g/mol. The molecule has 2 nitrogen and oxygen atoms in total. The fourth-order valence-corrected chi connectivity index (χ4v) is 1.97. The molecule has 0 unspecified atom stereocenters. The van der Waals surface area contributed by atoms with Gasteiger partial charge in [-0.05, 0) is 42.8 Å². The highest BCUT2D eigenvalue weighted by molar-refractivity contribution is 9.10. The molecule has 18 heavy (non-hydrogen) atoms. The quantitative estimate of drug-likeness (QED) is 0.798. The molecule has 1 aromatic carbocycles. The molecule has 4 heteroatoms. The Balaban J connectivity index is 2.73. The van der Waals surface area contributed by atoms with Gasteiger partial charge in [-0.25, -0.2) is 0 Å². The molecule has 1 N–H and O–H groups in total. The molecule has 0 aliphatic carbocycles. The first-order valence-electron chi connectivity index (χ1n) is 6.15. The lowest BCUT2D eigenvalue weighted by Gasteiger charge is -2.22. The summed E-state index contributed by atoms with van der Waals surface area (Å²) < 4.78 is 18.7. The van der Waals surface area contributed by atoms with Crippen molar-refractivity contribution in [2.75, 3.05) is 13.3 Å². The average Bonchev–Trinajstić information content (AvgIpc) is 2.28. The second-order valence-electron chi connectivity index (χ2n) is 5.22. The van der Waals surface area contributed by atoms with Crippen LogP contribution in [0.2, 0.25) is 0 Å².